The third-order valence-electron chi connectivity index (χ3n) is 1.85. The summed E-state index contributed by atoms with van der Waals surface area (Å²) in [5.74, 6) is -2.07. The molecule has 0 aliphatic carbocycles. The third kappa shape index (κ3) is 2.27. The highest BCUT2D eigenvalue weighted by Crippen LogP contribution is 2.72. The Morgan fingerprint density at radius 2 is 1.71 bits per heavy atom. The molecule has 0 saturated heterocycles. The fourth-order valence-corrected chi connectivity index (χ4v) is 3.10. The molecule has 1 heterocycles. The van der Waals surface area contributed by atoms with Crippen LogP contribution < -0.4 is 0 Å². The summed E-state index contributed by atoms with van der Waals surface area (Å²) >= 11 is 0. The summed E-state index contributed by atoms with van der Waals surface area (Å²) in [6.45, 7) is 3.68. The number of carbonyl (C=O) groups is 1. The molecule has 0 aromatic heterocycles. The molecule has 1 aliphatic rings. The van der Waals surface area contributed by atoms with Crippen molar-refractivity contribution in [3.05, 3.63) is 10.6 Å². The highest BCUT2D eigenvalue weighted by molar-refractivity contribution is 7.69. The molecule has 2 nitrogen and oxygen atoms in total. The Hall–Kier alpha value is -0.570. The maximum absolute atomic E-state index is 11.8. The van der Waals surface area contributed by atoms with Gasteiger partial charge in [0.05, 0.1) is 0 Å². The fraction of sp³-hybridized carbons (Fsp3) is 0.625. The summed E-state index contributed by atoms with van der Waals surface area (Å²) in [4.78, 5) is 10.5. The standard InChI is InChI=1S/C8H10F3O2P/c1-3-5-6(4-2)14(5)13-7(12)8(9,10)11/h3-4H2,1-2H3. The van der Waals surface area contributed by atoms with Crippen LogP contribution in [0.15, 0.2) is 10.6 Å². The summed E-state index contributed by atoms with van der Waals surface area (Å²) in [5.41, 5.74) is 0. The van der Waals surface area contributed by atoms with Crippen molar-refractivity contribution in [3.63, 3.8) is 0 Å². The number of hydrogen-bond acceptors (Lipinski definition) is 2. The van der Waals surface area contributed by atoms with Gasteiger partial charge in [-0.25, -0.2) is 4.79 Å². The van der Waals surface area contributed by atoms with E-state index in [1.807, 2.05) is 13.8 Å². The molecule has 0 fully saturated rings. The molecule has 0 atom stereocenters. The minimum absolute atomic E-state index is 0.667. The van der Waals surface area contributed by atoms with E-state index >= 15 is 0 Å². The molecule has 0 spiro atoms. The van der Waals surface area contributed by atoms with Gasteiger partial charge in [-0.05, 0) is 12.8 Å². The highest BCUT2D eigenvalue weighted by Gasteiger charge is 2.47. The average Bonchev–Trinajstić information content (AvgIpc) is 2.75. The van der Waals surface area contributed by atoms with Gasteiger partial charge in [0.2, 0.25) is 0 Å². The maximum Gasteiger partial charge on any atom is 0.491 e. The molecule has 14 heavy (non-hydrogen) atoms. The summed E-state index contributed by atoms with van der Waals surface area (Å²) in [6, 6.07) is 0. The van der Waals surface area contributed by atoms with Gasteiger partial charge in [-0.15, -0.1) is 0 Å². The lowest BCUT2D eigenvalue weighted by molar-refractivity contribution is -0.188. The van der Waals surface area contributed by atoms with Crippen molar-refractivity contribution in [1.29, 1.82) is 0 Å². The number of hydrogen-bond donors (Lipinski definition) is 0. The predicted octanol–water partition coefficient (Wildman–Crippen LogP) is 3.53. The zero-order valence-electron chi connectivity index (χ0n) is 7.81. The van der Waals surface area contributed by atoms with Crippen molar-refractivity contribution in [1.82, 2.24) is 0 Å². The van der Waals surface area contributed by atoms with Crippen LogP contribution in [-0.4, -0.2) is 12.1 Å². The van der Waals surface area contributed by atoms with Gasteiger partial charge in [-0.3, -0.25) is 0 Å². The van der Waals surface area contributed by atoms with E-state index in [4.69, 9.17) is 0 Å². The SMILES string of the molecule is CCC1=C(CC)P1OC(=O)C(F)(F)F. The van der Waals surface area contributed by atoms with Crippen LogP contribution in [-0.2, 0) is 9.32 Å². The van der Waals surface area contributed by atoms with E-state index in [1.54, 1.807) is 0 Å². The smallest absolute Gasteiger partial charge is 0.429 e. The summed E-state index contributed by atoms with van der Waals surface area (Å²) in [6.07, 6.45) is -3.54. The van der Waals surface area contributed by atoms with Crippen molar-refractivity contribution in [2.75, 3.05) is 0 Å². The molecular weight excluding hydrogens is 216 g/mol. The molecule has 0 aromatic carbocycles. The summed E-state index contributed by atoms with van der Waals surface area (Å²) < 4.78 is 39.8. The van der Waals surface area contributed by atoms with E-state index in [0.717, 1.165) is 10.6 Å². The molecule has 1 aliphatic heterocycles. The molecular formula is C8H10F3O2P. The van der Waals surface area contributed by atoms with E-state index in [9.17, 15) is 18.0 Å². The van der Waals surface area contributed by atoms with Crippen molar-refractivity contribution in [2.24, 2.45) is 0 Å². The molecule has 6 heteroatoms. The number of allylic oxidation sites excluding steroid dienone is 2. The van der Waals surface area contributed by atoms with Crippen molar-refractivity contribution in [3.8, 4) is 0 Å². The fourth-order valence-electron chi connectivity index (χ4n) is 1.16. The van der Waals surface area contributed by atoms with E-state index in [1.165, 1.54) is 0 Å². The van der Waals surface area contributed by atoms with E-state index < -0.39 is 20.3 Å². The topological polar surface area (TPSA) is 26.3 Å². The number of rotatable bonds is 3. The Balaban J connectivity index is 2.47. The first-order valence-electron chi connectivity index (χ1n) is 4.23. The van der Waals surface area contributed by atoms with E-state index in [2.05, 4.69) is 4.52 Å². The number of carbonyl (C=O) groups excluding carboxylic acids is 1. The van der Waals surface area contributed by atoms with Gasteiger partial charge in [-0.2, -0.15) is 13.2 Å². The molecule has 0 bridgehead atoms. The lowest BCUT2D eigenvalue weighted by Gasteiger charge is -2.06. The monoisotopic (exact) mass is 226 g/mol. The van der Waals surface area contributed by atoms with Gasteiger partial charge < -0.3 is 4.52 Å². The van der Waals surface area contributed by atoms with E-state index in [0.29, 0.717) is 12.8 Å². The van der Waals surface area contributed by atoms with Gasteiger partial charge >= 0.3 is 12.1 Å². The van der Waals surface area contributed by atoms with E-state index in [-0.39, 0.29) is 0 Å². The van der Waals surface area contributed by atoms with Crippen LogP contribution >= 0.6 is 8.15 Å². The molecule has 0 amide bonds. The molecule has 0 radical (unpaired) electrons. The highest BCUT2D eigenvalue weighted by atomic mass is 31.1. The Bertz CT molecular complexity index is 269. The van der Waals surface area contributed by atoms with Crippen LogP contribution in [0, 0.1) is 0 Å². The van der Waals surface area contributed by atoms with Crippen LogP contribution in [0.25, 0.3) is 0 Å². The minimum Gasteiger partial charge on any atom is -0.429 e. The van der Waals surface area contributed by atoms with Crippen molar-refractivity contribution in [2.45, 2.75) is 32.9 Å². The first kappa shape index (κ1) is 11.5. The summed E-state index contributed by atoms with van der Waals surface area (Å²) in [5, 5.41) is 1.78. The Morgan fingerprint density at radius 1 is 1.29 bits per heavy atom. The third-order valence-corrected chi connectivity index (χ3v) is 4.13. The first-order chi connectivity index (χ1) is 6.41. The Kier molecular flexibility index (Phi) is 3.20. The lowest BCUT2D eigenvalue weighted by atomic mass is 10.4. The van der Waals surface area contributed by atoms with Crippen molar-refractivity contribution < 1.29 is 22.5 Å². The van der Waals surface area contributed by atoms with Gasteiger partial charge in [-0.1, -0.05) is 13.8 Å². The van der Waals surface area contributed by atoms with Gasteiger partial charge in [0.25, 0.3) is 0 Å². The molecule has 80 valence electrons. The second kappa shape index (κ2) is 3.89. The average molecular weight is 226 g/mol. The van der Waals surface area contributed by atoms with Gasteiger partial charge in [0.15, 0.2) is 0 Å². The number of alkyl halides is 3. The quantitative estimate of drug-likeness (QED) is 0.688. The Morgan fingerprint density at radius 3 is 2.00 bits per heavy atom. The predicted molar refractivity (Wildman–Crippen MR) is 46.7 cm³/mol. The lowest BCUT2D eigenvalue weighted by Crippen LogP contribution is -2.22. The second-order valence-corrected chi connectivity index (χ2v) is 4.62. The Labute approximate surface area is 81.0 Å². The van der Waals surface area contributed by atoms with Crippen molar-refractivity contribution >= 4 is 14.1 Å². The molecule has 1 rings (SSSR count). The van der Waals surface area contributed by atoms with Crippen LogP contribution in [0.5, 0.6) is 0 Å². The van der Waals surface area contributed by atoms with Crippen LogP contribution in [0.1, 0.15) is 26.7 Å². The van der Waals surface area contributed by atoms with Gasteiger partial charge in [0.1, 0.15) is 8.15 Å². The van der Waals surface area contributed by atoms with Crippen LogP contribution in [0.3, 0.4) is 0 Å². The maximum atomic E-state index is 11.8. The minimum atomic E-state index is -4.87. The molecule has 0 unspecified atom stereocenters. The normalized spacial score (nSPS) is 17.2. The molecule has 0 aromatic rings. The first-order valence-corrected chi connectivity index (χ1v) is 5.49. The largest absolute Gasteiger partial charge is 0.491 e. The second-order valence-electron chi connectivity index (χ2n) is 2.77. The molecule has 0 saturated carbocycles. The van der Waals surface area contributed by atoms with Gasteiger partial charge in [0, 0.05) is 10.6 Å². The number of halogens is 3. The van der Waals surface area contributed by atoms with Crippen LogP contribution in [0.2, 0.25) is 0 Å². The molecule has 0 N–H and O–H groups in total. The zero-order chi connectivity index (χ0) is 10.9. The van der Waals surface area contributed by atoms with Crippen LogP contribution in [0.4, 0.5) is 13.2 Å². The zero-order valence-corrected chi connectivity index (χ0v) is 8.71. The summed E-state index contributed by atoms with van der Waals surface area (Å²) in [7, 11) is -1.32.